The lowest BCUT2D eigenvalue weighted by atomic mass is 10.1. The number of morpholine rings is 1. The quantitative estimate of drug-likeness (QED) is 0.460. The number of benzene rings is 1. The second kappa shape index (κ2) is 11.9. The standard InChI is InChI=1S/C27H39N3O6S/c1-19-9-8-10-28-24(19)13-29(6)25(31)16-35-14-22-15-36-27(4,5)17-30(22)18-37(32,33)26-20(2)11-23(34-7)12-21(26)3/h8-12,22H,13-18H2,1-7H3/t22-/m1/s1. The summed E-state index contributed by atoms with van der Waals surface area (Å²) in [5.41, 5.74) is 2.64. The molecule has 1 aromatic carbocycles. The maximum atomic E-state index is 13.5. The van der Waals surface area contributed by atoms with Gasteiger partial charge in [-0.15, -0.1) is 0 Å². The Morgan fingerprint density at radius 1 is 1.22 bits per heavy atom. The molecule has 9 nitrogen and oxygen atoms in total. The average molecular weight is 534 g/mol. The van der Waals surface area contributed by atoms with Gasteiger partial charge in [-0.1, -0.05) is 6.07 Å². The summed E-state index contributed by atoms with van der Waals surface area (Å²) in [7, 11) is -0.373. The van der Waals surface area contributed by atoms with E-state index in [-0.39, 0.29) is 31.0 Å². The van der Waals surface area contributed by atoms with Crippen LogP contribution in [0.15, 0.2) is 35.4 Å². The molecule has 1 atom stereocenters. The summed E-state index contributed by atoms with van der Waals surface area (Å²) in [4.78, 5) is 20.8. The molecule has 204 valence electrons. The Morgan fingerprint density at radius 3 is 2.51 bits per heavy atom. The third-order valence-corrected chi connectivity index (χ3v) is 8.49. The van der Waals surface area contributed by atoms with E-state index in [4.69, 9.17) is 14.2 Å². The van der Waals surface area contributed by atoms with Crippen LogP contribution < -0.4 is 4.74 Å². The molecule has 10 heteroatoms. The second-order valence-corrected chi connectivity index (χ2v) is 12.2. The van der Waals surface area contributed by atoms with Crippen LogP contribution in [0.3, 0.4) is 0 Å². The number of aromatic nitrogens is 1. The van der Waals surface area contributed by atoms with Crippen molar-refractivity contribution >= 4 is 15.7 Å². The number of aryl methyl sites for hydroxylation is 3. The van der Waals surface area contributed by atoms with Crippen molar-refractivity contribution in [1.82, 2.24) is 14.8 Å². The van der Waals surface area contributed by atoms with Crippen molar-refractivity contribution in [2.75, 3.05) is 46.4 Å². The molecule has 0 radical (unpaired) electrons. The monoisotopic (exact) mass is 533 g/mol. The van der Waals surface area contributed by atoms with Crippen molar-refractivity contribution in [1.29, 1.82) is 0 Å². The van der Waals surface area contributed by atoms with Gasteiger partial charge in [-0.3, -0.25) is 14.7 Å². The van der Waals surface area contributed by atoms with Crippen molar-refractivity contribution < 1.29 is 27.4 Å². The number of nitrogens with zero attached hydrogens (tertiary/aromatic N) is 3. The normalized spacial score (nSPS) is 18.0. The van der Waals surface area contributed by atoms with Crippen LogP contribution in [0.5, 0.6) is 5.75 Å². The van der Waals surface area contributed by atoms with Gasteiger partial charge in [-0.2, -0.15) is 0 Å². The maximum Gasteiger partial charge on any atom is 0.248 e. The number of hydrogen-bond donors (Lipinski definition) is 0. The molecule has 37 heavy (non-hydrogen) atoms. The first-order valence-electron chi connectivity index (χ1n) is 12.3. The van der Waals surface area contributed by atoms with E-state index in [0.717, 1.165) is 11.3 Å². The number of carbonyl (C=O) groups is 1. The van der Waals surface area contributed by atoms with Gasteiger partial charge < -0.3 is 19.1 Å². The molecule has 1 fully saturated rings. The summed E-state index contributed by atoms with van der Waals surface area (Å²) in [5.74, 6) is 0.278. The number of methoxy groups -OCH3 is 1. The molecule has 0 aliphatic carbocycles. The minimum atomic E-state index is -3.65. The molecule has 1 aliphatic heterocycles. The van der Waals surface area contributed by atoms with Crippen LogP contribution >= 0.6 is 0 Å². The van der Waals surface area contributed by atoms with E-state index in [0.29, 0.717) is 41.5 Å². The summed E-state index contributed by atoms with van der Waals surface area (Å²) >= 11 is 0. The van der Waals surface area contributed by atoms with Crippen LogP contribution in [-0.2, 0) is 30.7 Å². The number of carbonyl (C=O) groups excluding carboxylic acids is 1. The van der Waals surface area contributed by atoms with Crippen molar-refractivity contribution in [3.05, 3.63) is 52.8 Å². The topological polar surface area (TPSA) is 98.3 Å². The molecule has 1 amide bonds. The summed E-state index contributed by atoms with van der Waals surface area (Å²) in [6, 6.07) is 6.98. The first-order chi connectivity index (χ1) is 17.3. The van der Waals surface area contributed by atoms with Gasteiger partial charge in [0.05, 0.1) is 49.1 Å². The lowest BCUT2D eigenvalue weighted by Gasteiger charge is -2.43. The highest BCUT2D eigenvalue weighted by molar-refractivity contribution is 7.91. The number of pyridine rings is 1. The summed E-state index contributed by atoms with van der Waals surface area (Å²) in [6.45, 7) is 10.6. The Hall–Kier alpha value is -2.53. The fraction of sp³-hybridized carbons (Fsp3) is 0.556. The molecule has 0 N–H and O–H groups in total. The Labute approximate surface area is 220 Å². The second-order valence-electron chi connectivity index (χ2n) is 10.3. The number of amides is 1. The molecular weight excluding hydrogens is 494 g/mol. The van der Waals surface area contributed by atoms with Crippen LogP contribution in [0.1, 0.15) is 36.2 Å². The zero-order valence-electron chi connectivity index (χ0n) is 22.9. The van der Waals surface area contributed by atoms with Crippen molar-refractivity contribution in [2.24, 2.45) is 0 Å². The zero-order valence-corrected chi connectivity index (χ0v) is 23.7. The minimum absolute atomic E-state index is 0.112. The summed E-state index contributed by atoms with van der Waals surface area (Å²) < 4.78 is 44.1. The molecule has 0 saturated carbocycles. The zero-order chi connectivity index (χ0) is 27.4. The molecule has 0 bridgehead atoms. The number of ether oxygens (including phenoxy) is 3. The molecule has 2 aromatic rings. The van der Waals surface area contributed by atoms with E-state index in [1.165, 1.54) is 0 Å². The van der Waals surface area contributed by atoms with Crippen LogP contribution in [0, 0.1) is 20.8 Å². The molecular formula is C27H39N3O6S. The smallest absolute Gasteiger partial charge is 0.248 e. The van der Waals surface area contributed by atoms with E-state index < -0.39 is 15.4 Å². The van der Waals surface area contributed by atoms with E-state index in [1.807, 2.05) is 37.8 Å². The Balaban J connectivity index is 1.66. The van der Waals surface area contributed by atoms with Crippen LogP contribution in [-0.4, -0.2) is 87.2 Å². The highest BCUT2D eigenvalue weighted by Crippen LogP contribution is 2.29. The molecule has 1 aliphatic rings. The number of likely N-dealkylation sites (N-methyl/N-ethyl adjacent to an activating group) is 1. The van der Waals surface area contributed by atoms with Crippen molar-refractivity contribution in [3.8, 4) is 5.75 Å². The summed E-state index contributed by atoms with van der Waals surface area (Å²) in [5, 5.41) is 0. The molecule has 1 saturated heterocycles. The first-order valence-corrected chi connectivity index (χ1v) is 14.0. The fourth-order valence-corrected chi connectivity index (χ4v) is 6.55. The van der Waals surface area contributed by atoms with Gasteiger partial charge in [0.15, 0.2) is 9.84 Å². The van der Waals surface area contributed by atoms with Gasteiger partial charge in [0.25, 0.3) is 0 Å². The van der Waals surface area contributed by atoms with Crippen molar-refractivity contribution in [2.45, 2.75) is 57.7 Å². The van der Waals surface area contributed by atoms with Crippen LogP contribution in [0.4, 0.5) is 0 Å². The SMILES string of the molecule is COc1cc(C)c(S(=O)(=O)CN2CC(C)(C)OC[C@H]2COCC(=O)N(C)Cc2ncccc2C)c(C)c1. The molecule has 0 unspecified atom stereocenters. The minimum Gasteiger partial charge on any atom is -0.497 e. The molecule has 2 heterocycles. The Kier molecular flexibility index (Phi) is 9.33. The highest BCUT2D eigenvalue weighted by Gasteiger charge is 2.37. The van der Waals surface area contributed by atoms with E-state index in [2.05, 4.69) is 4.98 Å². The average Bonchev–Trinajstić information content (AvgIpc) is 2.80. The predicted octanol–water partition coefficient (Wildman–Crippen LogP) is 2.90. The van der Waals surface area contributed by atoms with Gasteiger partial charge in [0, 0.05) is 19.8 Å². The molecule has 3 rings (SSSR count). The molecule has 1 aromatic heterocycles. The summed E-state index contributed by atoms with van der Waals surface area (Å²) in [6.07, 6.45) is 1.71. The number of hydrogen-bond acceptors (Lipinski definition) is 8. The largest absolute Gasteiger partial charge is 0.497 e. The third kappa shape index (κ3) is 7.50. The maximum absolute atomic E-state index is 13.5. The van der Waals surface area contributed by atoms with Crippen LogP contribution in [0.2, 0.25) is 0 Å². The van der Waals surface area contributed by atoms with E-state index in [9.17, 15) is 13.2 Å². The van der Waals surface area contributed by atoms with Gasteiger partial charge in [-0.25, -0.2) is 8.42 Å². The van der Waals surface area contributed by atoms with Gasteiger partial charge in [0.2, 0.25) is 5.91 Å². The number of rotatable bonds is 10. The third-order valence-electron chi connectivity index (χ3n) is 6.55. The Bertz CT molecular complexity index is 1190. The van der Waals surface area contributed by atoms with Crippen LogP contribution in [0.25, 0.3) is 0 Å². The molecule has 0 spiro atoms. The Morgan fingerprint density at radius 2 is 1.89 bits per heavy atom. The number of sulfone groups is 1. The highest BCUT2D eigenvalue weighted by atomic mass is 32.2. The van der Waals surface area contributed by atoms with Gasteiger partial charge in [-0.05, 0) is 69.5 Å². The lowest BCUT2D eigenvalue weighted by Crippen LogP contribution is -2.57. The first kappa shape index (κ1) is 29.0. The fourth-order valence-electron chi connectivity index (χ4n) is 4.59. The van der Waals surface area contributed by atoms with E-state index >= 15 is 0 Å². The van der Waals surface area contributed by atoms with E-state index in [1.54, 1.807) is 51.2 Å². The van der Waals surface area contributed by atoms with Gasteiger partial charge in [0.1, 0.15) is 18.2 Å². The predicted molar refractivity (Wildman–Crippen MR) is 141 cm³/mol. The van der Waals surface area contributed by atoms with Crippen molar-refractivity contribution in [3.63, 3.8) is 0 Å². The van der Waals surface area contributed by atoms with Gasteiger partial charge >= 0.3 is 0 Å². The lowest BCUT2D eigenvalue weighted by molar-refractivity contribution is -0.142.